The number of ether oxygens (including phenoxy) is 1. The molecule has 0 atom stereocenters. The van der Waals surface area contributed by atoms with Gasteiger partial charge in [0.05, 0.1) is 7.11 Å². The second-order valence-corrected chi connectivity index (χ2v) is 7.27. The molecule has 1 aromatic heterocycles. The predicted molar refractivity (Wildman–Crippen MR) is 115 cm³/mol. The van der Waals surface area contributed by atoms with Crippen molar-refractivity contribution in [1.82, 2.24) is 9.88 Å². The molecule has 1 aliphatic heterocycles. The van der Waals surface area contributed by atoms with E-state index in [1.165, 1.54) is 5.69 Å². The zero-order valence-corrected chi connectivity index (χ0v) is 16.4. The highest BCUT2D eigenvalue weighted by molar-refractivity contribution is 5.80. The topological polar surface area (TPSA) is 60.6 Å². The highest BCUT2D eigenvalue weighted by atomic mass is 16.5. The van der Waals surface area contributed by atoms with Gasteiger partial charge in [-0.1, -0.05) is 0 Å². The van der Waals surface area contributed by atoms with Gasteiger partial charge in [-0.3, -0.25) is 4.79 Å². The summed E-state index contributed by atoms with van der Waals surface area (Å²) in [5.74, 6) is 0.776. The smallest absolute Gasteiger partial charge is 0.253 e. The molecule has 2 aromatic carbocycles. The van der Waals surface area contributed by atoms with Crippen molar-refractivity contribution in [3.8, 4) is 5.75 Å². The Morgan fingerprint density at radius 3 is 2.50 bits per heavy atom. The summed E-state index contributed by atoms with van der Waals surface area (Å²) in [6.45, 7) is 4.76. The molecule has 2 N–H and O–H groups in total. The summed E-state index contributed by atoms with van der Waals surface area (Å²) in [5, 5.41) is 4.31. The molecule has 0 radical (unpaired) electrons. The van der Waals surface area contributed by atoms with E-state index >= 15 is 0 Å². The van der Waals surface area contributed by atoms with E-state index in [-0.39, 0.29) is 5.56 Å². The van der Waals surface area contributed by atoms with Crippen molar-refractivity contribution in [2.45, 2.75) is 6.54 Å². The van der Waals surface area contributed by atoms with E-state index in [0.717, 1.165) is 48.5 Å². The van der Waals surface area contributed by atoms with Crippen LogP contribution in [0.1, 0.15) is 5.56 Å². The Bertz CT molecular complexity index is 1010. The van der Waals surface area contributed by atoms with Crippen LogP contribution < -0.4 is 20.5 Å². The number of nitrogens with one attached hydrogen (secondary N) is 2. The van der Waals surface area contributed by atoms with Crippen LogP contribution in [-0.4, -0.2) is 50.2 Å². The number of aromatic amines is 1. The van der Waals surface area contributed by atoms with Crippen molar-refractivity contribution in [3.05, 3.63) is 64.4 Å². The van der Waals surface area contributed by atoms with E-state index in [1.54, 1.807) is 7.11 Å². The lowest BCUT2D eigenvalue weighted by atomic mass is 10.1. The first-order chi connectivity index (χ1) is 13.6. The molecule has 1 aliphatic rings. The monoisotopic (exact) mass is 378 g/mol. The van der Waals surface area contributed by atoms with Gasteiger partial charge in [-0.25, -0.2) is 0 Å². The van der Waals surface area contributed by atoms with Crippen LogP contribution in [0.3, 0.4) is 0 Å². The maximum atomic E-state index is 12.4. The molecule has 6 nitrogen and oxygen atoms in total. The number of nitrogens with zero attached hydrogens (tertiary/aromatic N) is 2. The van der Waals surface area contributed by atoms with Gasteiger partial charge < -0.3 is 24.8 Å². The summed E-state index contributed by atoms with van der Waals surface area (Å²) < 4.78 is 5.27. The summed E-state index contributed by atoms with van der Waals surface area (Å²) in [6, 6.07) is 16.0. The molecule has 0 bridgehead atoms. The van der Waals surface area contributed by atoms with E-state index in [0.29, 0.717) is 12.1 Å². The van der Waals surface area contributed by atoms with Crippen LogP contribution in [0.25, 0.3) is 10.9 Å². The summed E-state index contributed by atoms with van der Waals surface area (Å²) in [7, 11) is 3.80. The Balaban J connectivity index is 1.45. The minimum absolute atomic E-state index is 0.0702. The molecular formula is C22H26N4O2. The Labute approximate surface area is 164 Å². The number of hydrogen-bond donors (Lipinski definition) is 2. The lowest BCUT2D eigenvalue weighted by Crippen LogP contribution is -2.44. The number of anilines is 2. The number of H-pyrrole nitrogens is 1. The quantitative estimate of drug-likeness (QED) is 0.715. The third kappa shape index (κ3) is 3.97. The maximum absolute atomic E-state index is 12.4. The first-order valence-electron chi connectivity index (χ1n) is 9.60. The predicted octanol–water partition coefficient (Wildman–Crippen LogP) is 2.90. The van der Waals surface area contributed by atoms with E-state index in [2.05, 4.69) is 51.4 Å². The number of benzene rings is 2. The van der Waals surface area contributed by atoms with Gasteiger partial charge in [0.25, 0.3) is 5.56 Å². The Morgan fingerprint density at radius 1 is 1.04 bits per heavy atom. The SMILES string of the molecule is COc1ccc2[nH]c(=O)c(CNc3ccc(N4CCN(C)CC4)cc3)cc2c1. The van der Waals surface area contributed by atoms with Gasteiger partial charge in [0, 0.05) is 60.6 Å². The van der Waals surface area contributed by atoms with E-state index in [1.807, 2.05) is 24.3 Å². The molecule has 28 heavy (non-hydrogen) atoms. The Kier molecular flexibility index (Phi) is 5.21. The van der Waals surface area contributed by atoms with E-state index in [9.17, 15) is 4.79 Å². The molecule has 2 heterocycles. The van der Waals surface area contributed by atoms with Crippen LogP contribution in [0.4, 0.5) is 11.4 Å². The lowest BCUT2D eigenvalue weighted by Gasteiger charge is -2.34. The molecular weight excluding hydrogens is 352 g/mol. The van der Waals surface area contributed by atoms with Crippen LogP contribution in [0.15, 0.2) is 53.3 Å². The van der Waals surface area contributed by atoms with Crippen LogP contribution in [-0.2, 0) is 6.54 Å². The van der Waals surface area contributed by atoms with Crippen LogP contribution in [0.5, 0.6) is 5.75 Å². The van der Waals surface area contributed by atoms with Crippen molar-refractivity contribution >= 4 is 22.3 Å². The van der Waals surface area contributed by atoms with Gasteiger partial charge in [0.1, 0.15) is 5.75 Å². The fourth-order valence-corrected chi connectivity index (χ4v) is 3.54. The summed E-state index contributed by atoms with van der Waals surface area (Å²) in [6.07, 6.45) is 0. The third-order valence-electron chi connectivity index (χ3n) is 5.35. The summed E-state index contributed by atoms with van der Waals surface area (Å²) >= 11 is 0. The molecule has 146 valence electrons. The Hall–Kier alpha value is -2.99. The van der Waals surface area contributed by atoms with Crippen LogP contribution in [0.2, 0.25) is 0 Å². The first-order valence-corrected chi connectivity index (χ1v) is 9.60. The first kappa shape index (κ1) is 18.4. The zero-order chi connectivity index (χ0) is 19.5. The molecule has 6 heteroatoms. The van der Waals surface area contributed by atoms with E-state index < -0.39 is 0 Å². The van der Waals surface area contributed by atoms with Gasteiger partial charge in [-0.2, -0.15) is 0 Å². The van der Waals surface area contributed by atoms with Crippen LogP contribution in [0, 0.1) is 0 Å². The molecule has 0 saturated carbocycles. The van der Waals surface area contributed by atoms with Gasteiger partial charge >= 0.3 is 0 Å². The fraction of sp³-hybridized carbons (Fsp3) is 0.318. The number of likely N-dealkylation sites (N-methyl/N-ethyl adjacent to an activating group) is 1. The highest BCUT2D eigenvalue weighted by Crippen LogP contribution is 2.21. The third-order valence-corrected chi connectivity index (χ3v) is 5.35. The average Bonchev–Trinajstić information content (AvgIpc) is 2.73. The van der Waals surface area contributed by atoms with Crippen molar-refractivity contribution in [1.29, 1.82) is 0 Å². The maximum Gasteiger partial charge on any atom is 0.253 e. The molecule has 1 fully saturated rings. The van der Waals surface area contributed by atoms with Gasteiger partial charge in [0.15, 0.2) is 0 Å². The minimum Gasteiger partial charge on any atom is -0.497 e. The Morgan fingerprint density at radius 2 is 1.79 bits per heavy atom. The minimum atomic E-state index is -0.0702. The van der Waals surface area contributed by atoms with Crippen molar-refractivity contribution in [2.75, 3.05) is 50.6 Å². The number of piperazine rings is 1. The van der Waals surface area contributed by atoms with Crippen molar-refractivity contribution in [2.24, 2.45) is 0 Å². The largest absolute Gasteiger partial charge is 0.497 e. The molecule has 4 rings (SSSR count). The number of methoxy groups -OCH3 is 1. The number of pyridine rings is 1. The normalized spacial score (nSPS) is 15.0. The standard InChI is InChI=1S/C22H26N4O2/c1-25-9-11-26(12-10-25)19-5-3-18(4-6-19)23-15-17-13-16-14-20(28-2)7-8-21(16)24-22(17)27/h3-8,13-14,23H,9-12,15H2,1-2H3,(H,24,27). The van der Waals surface area contributed by atoms with Gasteiger partial charge in [0.2, 0.25) is 0 Å². The molecule has 0 amide bonds. The van der Waals surface area contributed by atoms with Crippen molar-refractivity contribution in [3.63, 3.8) is 0 Å². The number of rotatable bonds is 5. The molecule has 3 aromatic rings. The van der Waals surface area contributed by atoms with Gasteiger partial charge in [-0.15, -0.1) is 0 Å². The highest BCUT2D eigenvalue weighted by Gasteiger charge is 2.14. The zero-order valence-electron chi connectivity index (χ0n) is 16.4. The van der Waals surface area contributed by atoms with Gasteiger partial charge in [-0.05, 0) is 55.6 Å². The average molecular weight is 378 g/mol. The van der Waals surface area contributed by atoms with E-state index in [4.69, 9.17) is 4.74 Å². The van der Waals surface area contributed by atoms with Crippen molar-refractivity contribution < 1.29 is 4.74 Å². The molecule has 1 saturated heterocycles. The number of hydrogen-bond acceptors (Lipinski definition) is 5. The lowest BCUT2D eigenvalue weighted by molar-refractivity contribution is 0.313. The molecule has 0 unspecified atom stereocenters. The molecule has 0 aliphatic carbocycles. The summed E-state index contributed by atoms with van der Waals surface area (Å²) in [5.41, 5.74) is 3.69. The fourth-order valence-electron chi connectivity index (χ4n) is 3.54. The number of fused-ring (bicyclic) bond motifs is 1. The number of aromatic nitrogens is 1. The second-order valence-electron chi connectivity index (χ2n) is 7.27. The summed E-state index contributed by atoms with van der Waals surface area (Å²) in [4.78, 5) is 20.1. The second kappa shape index (κ2) is 7.94. The van der Waals surface area contributed by atoms with Crippen LogP contribution >= 0.6 is 0 Å². The molecule has 0 spiro atoms.